The number of rotatable bonds is 4. The lowest BCUT2D eigenvalue weighted by atomic mass is 9.90. The van der Waals surface area contributed by atoms with Crippen LogP contribution in [0.15, 0.2) is 23.8 Å². The van der Waals surface area contributed by atoms with Gasteiger partial charge in [-0.1, -0.05) is 12.2 Å². The number of halogens is 1. The van der Waals surface area contributed by atoms with Crippen LogP contribution in [0.4, 0.5) is 4.39 Å². The molecule has 18 heavy (non-hydrogen) atoms. The first-order valence-corrected chi connectivity index (χ1v) is 6.94. The second-order valence-electron chi connectivity index (χ2n) is 4.80. The molecular weight excluding hydrogens is 261 g/mol. The van der Waals surface area contributed by atoms with Crippen molar-refractivity contribution >= 4 is 15.7 Å². The van der Waals surface area contributed by atoms with Gasteiger partial charge in [0.15, 0.2) is 9.84 Å². The van der Waals surface area contributed by atoms with E-state index < -0.39 is 38.5 Å². The molecule has 0 heterocycles. The Morgan fingerprint density at radius 2 is 2.17 bits per heavy atom. The second-order valence-corrected chi connectivity index (χ2v) is 7.00. The number of allylic oxidation sites excluding steroid dienone is 2. The van der Waals surface area contributed by atoms with Crippen LogP contribution in [0.1, 0.15) is 20.3 Å². The highest BCUT2D eigenvalue weighted by Gasteiger charge is 2.46. The summed E-state index contributed by atoms with van der Waals surface area (Å²) in [4.78, 5) is 10.7. The third-order valence-electron chi connectivity index (χ3n) is 2.71. The van der Waals surface area contributed by atoms with Gasteiger partial charge < -0.3 is 10.8 Å². The van der Waals surface area contributed by atoms with Crippen LogP contribution in [-0.4, -0.2) is 35.8 Å². The molecule has 1 aliphatic carbocycles. The standard InChI is InChI=1S/C11H16FNO4S/c1-10(2,15)8-4-3-5-11(12,6-8)18(16,17)7-9(13)14/h3-5,15H,6-7H2,1-2H3,(H2,13,14). The van der Waals surface area contributed by atoms with Crippen molar-refractivity contribution in [2.24, 2.45) is 5.73 Å². The van der Waals surface area contributed by atoms with Gasteiger partial charge in [0.05, 0.1) is 5.60 Å². The molecule has 3 N–H and O–H groups in total. The summed E-state index contributed by atoms with van der Waals surface area (Å²) in [6.07, 6.45) is 3.02. The topological polar surface area (TPSA) is 97.5 Å². The van der Waals surface area contributed by atoms with E-state index in [4.69, 9.17) is 5.73 Å². The van der Waals surface area contributed by atoms with Gasteiger partial charge in [-0.15, -0.1) is 0 Å². The molecule has 1 amide bonds. The molecule has 7 heteroatoms. The predicted octanol–water partition coefficient (Wildman–Crippen LogP) is 0.210. The quantitative estimate of drug-likeness (QED) is 0.767. The molecule has 1 unspecified atom stereocenters. The number of sulfone groups is 1. The van der Waals surface area contributed by atoms with E-state index in [9.17, 15) is 22.7 Å². The largest absolute Gasteiger partial charge is 0.386 e. The fourth-order valence-electron chi connectivity index (χ4n) is 1.63. The molecule has 0 aromatic heterocycles. The molecule has 0 aromatic rings. The molecule has 0 radical (unpaired) electrons. The summed E-state index contributed by atoms with van der Waals surface area (Å²) in [7, 11) is -4.36. The van der Waals surface area contributed by atoms with E-state index in [0.717, 1.165) is 6.08 Å². The number of hydrogen-bond acceptors (Lipinski definition) is 4. The molecular formula is C11H16FNO4S. The third-order valence-corrected chi connectivity index (χ3v) is 4.69. The molecule has 0 fully saturated rings. The van der Waals surface area contributed by atoms with Crippen LogP contribution in [0.3, 0.4) is 0 Å². The Bertz CT molecular complexity index is 516. The van der Waals surface area contributed by atoms with Crippen molar-refractivity contribution in [3.63, 3.8) is 0 Å². The number of carbonyl (C=O) groups is 1. The van der Waals surface area contributed by atoms with Crippen LogP contribution < -0.4 is 5.73 Å². The van der Waals surface area contributed by atoms with Gasteiger partial charge in [0.1, 0.15) is 5.75 Å². The lowest BCUT2D eigenvalue weighted by molar-refractivity contribution is -0.115. The first kappa shape index (κ1) is 14.8. The molecule has 102 valence electrons. The maximum absolute atomic E-state index is 14.5. The highest BCUT2D eigenvalue weighted by molar-refractivity contribution is 7.93. The van der Waals surface area contributed by atoms with E-state index in [1.165, 1.54) is 26.0 Å². The van der Waals surface area contributed by atoms with Crippen molar-refractivity contribution < 1.29 is 22.7 Å². The van der Waals surface area contributed by atoms with Gasteiger partial charge in [-0.2, -0.15) is 0 Å². The minimum atomic E-state index is -4.36. The lowest BCUT2D eigenvalue weighted by Crippen LogP contribution is -2.41. The van der Waals surface area contributed by atoms with E-state index in [1.807, 2.05) is 0 Å². The Morgan fingerprint density at radius 1 is 1.61 bits per heavy atom. The Hall–Kier alpha value is -1.21. The predicted molar refractivity (Wildman–Crippen MR) is 65.0 cm³/mol. The summed E-state index contributed by atoms with van der Waals surface area (Å²) < 4.78 is 38.0. The van der Waals surface area contributed by atoms with Crippen LogP contribution in [0.2, 0.25) is 0 Å². The van der Waals surface area contributed by atoms with Crippen molar-refractivity contribution in [3.05, 3.63) is 23.8 Å². The molecule has 0 spiro atoms. The van der Waals surface area contributed by atoms with E-state index in [0.29, 0.717) is 0 Å². The number of carbonyl (C=O) groups excluding carboxylic acids is 1. The van der Waals surface area contributed by atoms with Gasteiger partial charge >= 0.3 is 0 Å². The molecule has 1 aliphatic rings. The highest BCUT2D eigenvalue weighted by Crippen LogP contribution is 2.36. The van der Waals surface area contributed by atoms with Gasteiger partial charge in [-0.3, -0.25) is 4.79 Å². The maximum atomic E-state index is 14.5. The van der Waals surface area contributed by atoms with Gasteiger partial charge in [0.2, 0.25) is 10.9 Å². The Morgan fingerprint density at radius 3 is 2.61 bits per heavy atom. The lowest BCUT2D eigenvalue weighted by Gasteiger charge is -2.30. The number of amides is 1. The normalized spacial score (nSPS) is 24.8. The van der Waals surface area contributed by atoms with Crippen LogP contribution in [0.5, 0.6) is 0 Å². The van der Waals surface area contributed by atoms with E-state index in [-0.39, 0.29) is 5.57 Å². The van der Waals surface area contributed by atoms with Crippen LogP contribution >= 0.6 is 0 Å². The average Bonchev–Trinajstić information content (AvgIpc) is 2.14. The van der Waals surface area contributed by atoms with Crippen molar-refractivity contribution in [2.45, 2.75) is 30.9 Å². The van der Waals surface area contributed by atoms with E-state index in [2.05, 4.69) is 0 Å². The number of alkyl halides is 1. The smallest absolute Gasteiger partial charge is 0.233 e. The minimum Gasteiger partial charge on any atom is -0.386 e. The van der Waals surface area contributed by atoms with Gasteiger partial charge in [0, 0.05) is 6.42 Å². The summed E-state index contributed by atoms with van der Waals surface area (Å²) in [5.41, 5.74) is 3.70. The fourth-order valence-corrected chi connectivity index (χ4v) is 2.90. The zero-order chi connectivity index (χ0) is 14.2. The molecule has 1 atom stereocenters. The van der Waals surface area contributed by atoms with Crippen LogP contribution in [0.25, 0.3) is 0 Å². The van der Waals surface area contributed by atoms with Crippen molar-refractivity contribution in [2.75, 3.05) is 5.75 Å². The molecule has 0 aromatic carbocycles. The van der Waals surface area contributed by atoms with E-state index >= 15 is 0 Å². The fraction of sp³-hybridized carbons (Fsp3) is 0.545. The number of nitrogens with two attached hydrogens (primary N) is 1. The molecule has 0 saturated heterocycles. The molecule has 0 saturated carbocycles. The van der Waals surface area contributed by atoms with Crippen LogP contribution in [0, 0.1) is 0 Å². The monoisotopic (exact) mass is 277 g/mol. The Kier molecular flexibility index (Phi) is 3.69. The first-order valence-electron chi connectivity index (χ1n) is 5.29. The summed E-state index contributed by atoms with van der Waals surface area (Å²) in [5, 5.41) is 7.06. The third kappa shape index (κ3) is 2.97. The van der Waals surface area contributed by atoms with Gasteiger partial charge in [-0.05, 0) is 25.5 Å². The van der Waals surface area contributed by atoms with Gasteiger partial charge in [0.25, 0.3) is 0 Å². The molecule has 1 rings (SSSR count). The Balaban J connectivity index is 3.09. The SMILES string of the molecule is CC(C)(O)C1=CC=CC(F)(S(=O)(=O)CC(N)=O)C1. The molecule has 5 nitrogen and oxygen atoms in total. The second kappa shape index (κ2) is 4.47. The number of primary amides is 1. The summed E-state index contributed by atoms with van der Waals surface area (Å²) in [6.45, 7) is 2.86. The summed E-state index contributed by atoms with van der Waals surface area (Å²) >= 11 is 0. The van der Waals surface area contributed by atoms with E-state index in [1.54, 1.807) is 0 Å². The van der Waals surface area contributed by atoms with Crippen molar-refractivity contribution in [3.8, 4) is 0 Å². The maximum Gasteiger partial charge on any atom is 0.233 e. The zero-order valence-corrected chi connectivity index (χ0v) is 11.0. The molecule has 0 aliphatic heterocycles. The Labute approximate surface area is 105 Å². The first-order chi connectivity index (χ1) is 7.98. The van der Waals surface area contributed by atoms with Gasteiger partial charge in [-0.25, -0.2) is 12.8 Å². The molecule has 0 bridgehead atoms. The minimum absolute atomic E-state index is 0.237. The van der Waals surface area contributed by atoms with Crippen molar-refractivity contribution in [1.82, 2.24) is 0 Å². The summed E-state index contributed by atoms with van der Waals surface area (Å²) in [6, 6.07) is 0. The van der Waals surface area contributed by atoms with Crippen molar-refractivity contribution in [1.29, 1.82) is 0 Å². The average molecular weight is 277 g/mol. The van der Waals surface area contributed by atoms with Crippen LogP contribution in [-0.2, 0) is 14.6 Å². The highest BCUT2D eigenvalue weighted by atomic mass is 32.2. The number of hydrogen-bond donors (Lipinski definition) is 2. The number of aliphatic hydroxyl groups is 1. The zero-order valence-electron chi connectivity index (χ0n) is 10.2. The summed E-state index contributed by atoms with van der Waals surface area (Å²) in [5.74, 6) is -2.17.